The standard InChI is InChI=1S/C24H29FN4O4/c1-16(30)26-21(15-17-7-3-4-8-19(17)25)23(31)27-18-11-13-29(14-12-18)24(32)28-20-9-5-6-10-22(20)33-2/h3-10,18,21H,11-15H2,1-2H3,(H,26,30)(H,27,31)(H,28,32)/t21-/m1/s1. The molecule has 33 heavy (non-hydrogen) atoms. The number of benzene rings is 2. The molecule has 1 fully saturated rings. The number of rotatable bonds is 7. The first-order valence-electron chi connectivity index (χ1n) is 10.9. The van der Waals surface area contributed by atoms with E-state index >= 15 is 0 Å². The molecule has 176 valence electrons. The Morgan fingerprint density at radius 2 is 1.76 bits per heavy atom. The van der Waals surface area contributed by atoms with Gasteiger partial charge in [0.15, 0.2) is 0 Å². The van der Waals surface area contributed by atoms with Gasteiger partial charge in [0.25, 0.3) is 0 Å². The third-order valence-corrected chi connectivity index (χ3v) is 5.55. The normalized spacial score (nSPS) is 14.8. The van der Waals surface area contributed by atoms with Crippen LogP contribution in [-0.4, -0.2) is 55.0 Å². The SMILES string of the molecule is COc1ccccc1NC(=O)N1CCC(NC(=O)[C@@H](Cc2ccccc2F)NC(C)=O)CC1. The smallest absolute Gasteiger partial charge is 0.321 e. The van der Waals surface area contributed by atoms with Crippen LogP contribution in [0.1, 0.15) is 25.3 Å². The summed E-state index contributed by atoms with van der Waals surface area (Å²) in [5.74, 6) is -0.582. The van der Waals surface area contributed by atoms with Gasteiger partial charge in [0.05, 0.1) is 12.8 Å². The Morgan fingerprint density at radius 3 is 2.42 bits per heavy atom. The predicted molar refractivity (Wildman–Crippen MR) is 122 cm³/mol. The number of hydrogen-bond donors (Lipinski definition) is 3. The maximum absolute atomic E-state index is 14.0. The zero-order valence-electron chi connectivity index (χ0n) is 18.8. The predicted octanol–water partition coefficient (Wildman–Crippen LogP) is 2.69. The van der Waals surface area contributed by atoms with Gasteiger partial charge < -0.3 is 25.6 Å². The molecule has 0 bridgehead atoms. The average Bonchev–Trinajstić information content (AvgIpc) is 2.80. The molecule has 4 amide bonds. The van der Waals surface area contributed by atoms with Gasteiger partial charge in [-0.25, -0.2) is 9.18 Å². The van der Waals surface area contributed by atoms with E-state index in [0.29, 0.717) is 42.9 Å². The Hall–Kier alpha value is -3.62. The summed E-state index contributed by atoms with van der Waals surface area (Å²) in [7, 11) is 1.54. The van der Waals surface area contributed by atoms with Crippen molar-refractivity contribution in [3.05, 3.63) is 59.9 Å². The monoisotopic (exact) mass is 456 g/mol. The number of amides is 4. The largest absolute Gasteiger partial charge is 0.495 e. The van der Waals surface area contributed by atoms with Gasteiger partial charge in [0, 0.05) is 32.5 Å². The fourth-order valence-corrected chi connectivity index (χ4v) is 3.81. The second-order valence-corrected chi connectivity index (χ2v) is 7.95. The maximum atomic E-state index is 14.0. The fourth-order valence-electron chi connectivity index (χ4n) is 3.81. The molecule has 0 aromatic heterocycles. The quantitative estimate of drug-likeness (QED) is 0.597. The highest BCUT2D eigenvalue weighted by molar-refractivity contribution is 5.91. The van der Waals surface area contributed by atoms with Gasteiger partial charge in [-0.2, -0.15) is 0 Å². The Morgan fingerprint density at radius 1 is 1.09 bits per heavy atom. The number of urea groups is 1. The van der Waals surface area contributed by atoms with Crippen molar-refractivity contribution in [2.24, 2.45) is 0 Å². The Kier molecular flexibility index (Phi) is 8.23. The van der Waals surface area contributed by atoms with Crippen LogP contribution in [0.25, 0.3) is 0 Å². The first-order valence-corrected chi connectivity index (χ1v) is 10.9. The molecule has 2 aromatic carbocycles. The summed E-state index contributed by atoms with van der Waals surface area (Å²) < 4.78 is 19.3. The number of ether oxygens (including phenoxy) is 1. The van der Waals surface area contributed by atoms with E-state index in [0.717, 1.165) is 0 Å². The minimum absolute atomic E-state index is 0.0538. The Labute approximate surface area is 192 Å². The van der Waals surface area contributed by atoms with Crippen molar-refractivity contribution in [1.29, 1.82) is 0 Å². The minimum atomic E-state index is -0.883. The first kappa shape index (κ1) is 24.0. The van der Waals surface area contributed by atoms with Crippen LogP contribution in [0, 0.1) is 5.82 Å². The summed E-state index contributed by atoms with van der Waals surface area (Å²) in [6.07, 6.45) is 1.19. The van der Waals surface area contributed by atoms with Crippen molar-refractivity contribution < 1.29 is 23.5 Å². The lowest BCUT2D eigenvalue weighted by molar-refractivity contribution is -0.128. The van der Waals surface area contributed by atoms with Crippen LogP contribution >= 0.6 is 0 Å². The van der Waals surface area contributed by atoms with E-state index in [1.807, 2.05) is 12.1 Å². The number of hydrogen-bond acceptors (Lipinski definition) is 4. The summed E-state index contributed by atoms with van der Waals surface area (Å²) in [6, 6.07) is 12.1. The van der Waals surface area contributed by atoms with Crippen LogP contribution in [0.2, 0.25) is 0 Å². The van der Waals surface area contributed by atoms with Crippen LogP contribution in [0.3, 0.4) is 0 Å². The summed E-state index contributed by atoms with van der Waals surface area (Å²) in [5.41, 5.74) is 0.945. The molecule has 1 aliphatic rings. The summed E-state index contributed by atoms with van der Waals surface area (Å²) in [4.78, 5) is 38.7. The molecule has 1 atom stereocenters. The van der Waals surface area contributed by atoms with E-state index in [9.17, 15) is 18.8 Å². The highest BCUT2D eigenvalue weighted by atomic mass is 19.1. The second-order valence-electron chi connectivity index (χ2n) is 7.95. The van der Waals surface area contributed by atoms with Crippen molar-refractivity contribution in [2.75, 3.05) is 25.5 Å². The number of likely N-dealkylation sites (tertiary alicyclic amines) is 1. The van der Waals surface area contributed by atoms with Gasteiger partial charge in [0.1, 0.15) is 17.6 Å². The molecule has 2 aromatic rings. The van der Waals surface area contributed by atoms with Crippen molar-refractivity contribution in [3.63, 3.8) is 0 Å². The number of methoxy groups -OCH3 is 1. The van der Waals surface area contributed by atoms with E-state index in [1.54, 1.807) is 42.3 Å². The first-order chi connectivity index (χ1) is 15.9. The summed E-state index contributed by atoms with van der Waals surface area (Å²) in [5, 5.41) is 8.39. The van der Waals surface area contributed by atoms with Gasteiger partial charge in [0.2, 0.25) is 11.8 Å². The van der Waals surface area contributed by atoms with Crippen LogP contribution in [-0.2, 0) is 16.0 Å². The molecule has 3 N–H and O–H groups in total. The zero-order valence-corrected chi connectivity index (χ0v) is 18.8. The van der Waals surface area contributed by atoms with E-state index in [1.165, 1.54) is 13.0 Å². The van der Waals surface area contributed by atoms with Crippen LogP contribution in [0.4, 0.5) is 14.9 Å². The average molecular weight is 457 g/mol. The van der Waals surface area contributed by atoms with Crippen LogP contribution < -0.4 is 20.7 Å². The molecule has 1 saturated heterocycles. The number of nitrogens with one attached hydrogen (secondary N) is 3. The van der Waals surface area contributed by atoms with E-state index < -0.39 is 11.9 Å². The molecule has 0 saturated carbocycles. The molecule has 0 aliphatic carbocycles. The van der Waals surface area contributed by atoms with Crippen LogP contribution in [0.5, 0.6) is 5.75 Å². The van der Waals surface area contributed by atoms with Gasteiger partial charge in [-0.15, -0.1) is 0 Å². The third-order valence-electron chi connectivity index (χ3n) is 5.55. The van der Waals surface area contributed by atoms with Crippen molar-refractivity contribution >= 4 is 23.5 Å². The van der Waals surface area contributed by atoms with E-state index in [2.05, 4.69) is 16.0 Å². The lowest BCUT2D eigenvalue weighted by Gasteiger charge is -2.33. The van der Waals surface area contributed by atoms with E-state index in [-0.39, 0.29) is 30.3 Å². The van der Waals surface area contributed by atoms with Gasteiger partial charge in [-0.1, -0.05) is 30.3 Å². The lowest BCUT2D eigenvalue weighted by atomic mass is 10.0. The van der Waals surface area contributed by atoms with Crippen LogP contribution in [0.15, 0.2) is 48.5 Å². The zero-order chi connectivity index (χ0) is 23.8. The molecule has 1 heterocycles. The number of carbonyl (C=O) groups excluding carboxylic acids is 3. The van der Waals surface area contributed by atoms with Crippen molar-refractivity contribution in [1.82, 2.24) is 15.5 Å². The fraction of sp³-hybridized carbons (Fsp3) is 0.375. The summed E-state index contributed by atoms with van der Waals surface area (Å²) >= 11 is 0. The minimum Gasteiger partial charge on any atom is -0.495 e. The number of halogens is 1. The number of carbonyl (C=O) groups is 3. The molecule has 3 rings (SSSR count). The third kappa shape index (κ3) is 6.68. The molecule has 0 unspecified atom stereocenters. The van der Waals surface area contributed by atoms with Crippen molar-refractivity contribution in [2.45, 2.75) is 38.3 Å². The summed E-state index contributed by atoms with van der Waals surface area (Å²) in [6.45, 7) is 2.24. The molecule has 0 spiro atoms. The number of nitrogens with zero attached hydrogens (tertiary/aromatic N) is 1. The topological polar surface area (TPSA) is 99.8 Å². The van der Waals surface area contributed by atoms with Gasteiger partial charge in [-0.05, 0) is 36.6 Å². The molecule has 8 nitrogen and oxygen atoms in total. The lowest BCUT2D eigenvalue weighted by Crippen LogP contribution is -2.53. The van der Waals surface area contributed by atoms with Crippen molar-refractivity contribution in [3.8, 4) is 5.75 Å². The Balaban J connectivity index is 1.54. The number of piperidine rings is 1. The van der Waals surface area contributed by atoms with Gasteiger partial charge in [-0.3, -0.25) is 9.59 Å². The maximum Gasteiger partial charge on any atom is 0.321 e. The molecule has 9 heteroatoms. The molecule has 0 radical (unpaired) electrons. The second kappa shape index (κ2) is 11.3. The molecular weight excluding hydrogens is 427 g/mol. The van der Waals surface area contributed by atoms with E-state index in [4.69, 9.17) is 4.74 Å². The molecule has 1 aliphatic heterocycles. The Bertz CT molecular complexity index is 992. The highest BCUT2D eigenvalue weighted by Crippen LogP contribution is 2.24. The van der Waals surface area contributed by atoms with Gasteiger partial charge >= 0.3 is 6.03 Å². The molecular formula is C24H29FN4O4. The highest BCUT2D eigenvalue weighted by Gasteiger charge is 2.28. The number of para-hydroxylation sites is 2. The number of anilines is 1.